The number of anilines is 1. The number of carbonyl (C=O) groups is 1. The van der Waals surface area contributed by atoms with Crippen molar-refractivity contribution >= 4 is 43.4 Å². The molecule has 0 bridgehead atoms. The molecule has 2 aromatic rings. The Labute approximate surface area is 197 Å². The quantitative estimate of drug-likeness (QED) is 0.365. The van der Waals surface area contributed by atoms with Gasteiger partial charge in [-0.1, -0.05) is 46.3 Å². The maximum atomic E-state index is 13.3. The lowest BCUT2D eigenvalue weighted by Gasteiger charge is -2.24. The van der Waals surface area contributed by atoms with Gasteiger partial charge in [-0.2, -0.15) is 18.3 Å². The van der Waals surface area contributed by atoms with Crippen LogP contribution in [0.2, 0.25) is 0 Å². The minimum Gasteiger partial charge on any atom is -0.449 e. The number of ether oxygens (including phenoxy) is 1. The highest BCUT2D eigenvalue weighted by atomic mass is 79.9. The summed E-state index contributed by atoms with van der Waals surface area (Å²) in [5.74, 6) is 0. The number of unbranched alkanes of at least 4 members (excludes halogenated alkanes) is 1. The van der Waals surface area contributed by atoms with Crippen LogP contribution in [0.25, 0.3) is 0 Å². The van der Waals surface area contributed by atoms with Crippen LogP contribution >= 0.6 is 15.9 Å². The van der Waals surface area contributed by atoms with Crippen LogP contribution in [0.4, 0.5) is 23.7 Å². The number of carbonyl (C=O) groups excluding carboxylic acids is 1. The SMILES string of the molecule is O=C(NS(=O)(=O)c1ccc(N2N=C(C(F)(F)F)CC2c2ccccc2)cc1)OCCCCBr. The Morgan fingerprint density at radius 2 is 1.79 bits per heavy atom. The molecule has 2 aromatic carbocycles. The van der Waals surface area contributed by atoms with Crippen LogP contribution in [0.1, 0.15) is 30.9 Å². The lowest BCUT2D eigenvalue weighted by molar-refractivity contribution is -0.0600. The zero-order valence-corrected chi connectivity index (χ0v) is 19.7. The van der Waals surface area contributed by atoms with E-state index in [0.29, 0.717) is 12.0 Å². The second-order valence-electron chi connectivity index (χ2n) is 7.15. The Hall–Kier alpha value is -2.60. The maximum absolute atomic E-state index is 13.3. The molecule has 12 heteroatoms. The summed E-state index contributed by atoms with van der Waals surface area (Å²) in [5, 5.41) is 5.72. The van der Waals surface area contributed by atoms with E-state index in [9.17, 15) is 26.4 Å². The highest BCUT2D eigenvalue weighted by Gasteiger charge is 2.43. The summed E-state index contributed by atoms with van der Waals surface area (Å²) in [7, 11) is -4.21. The third-order valence-electron chi connectivity index (χ3n) is 4.81. The summed E-state index contributed by atoms with van der Waals surface area (Å²) in [6.07, 6.45) is -4.68. The molecule has 0 saturated carbocycles. The van der Waals surface area contributed by atoms with E-state index in [1.807, 2.05) is 4.72 Å². The van der Waals surface area contributed by atoms with Crippen molar-refractivity contribution in [2.45, 2.75) is 36.4 Å². The fourth-order valence-electron chi connectivity index (χ4n) is 3.19. The van der Waals surface area contributed by atoms with Gasteiger partial charge >= 0.3 is 12.3 Å². The number of halogens is 4. The van der Waals surface area contributed by atoms with Crippen LogP contribution < -0.4 is 9.73 Å². The Balaban J connectivity index is 1.78. The van der Waals surface area contributed by atoms with E-state index in [4.69, 9.17) is 4.74 Å². The summed E-state index contributed by atoms with van der Waals surface area (Å²) in [6.45, 7) is 0.0707. The Morgan fingerprint density at radius 3 is 2.39 bits per heavy atom. The number of alkyl halides is 4. The third kappa shape index (κ3) is 6.47. The number of hydrogen-bond acceptors (Lipinski definition) is 6. The first-order valence-electron chi connectivity index (χ1n) is 9.96. The molecule has 7 nitrogen and oxygen atoms in total. The van der Waals surface area contributed by atoms with Gasteiger partial charge in [-0.25, -0.2) is 17.9 Å². The number of rotatable bonds is 8. The highest BCUT2D eigenvalue weighted by Crippen LogP contribution is 2.39. The molecule has 0 saturated heterocycles. The number of amides is 1. The molecule has 1 unspecified atom stereocenters. The maximum Gasteiger partial charge on any atom is 0.431 e. The third-order valence-corrected chi connectivity index (χ3v) is 6.70. The Bertz CT molecular complexity index is 1090. The van der Waals surface area contributed by atoms with Gasteiger partial charge in [0, 0.05) is 11.8 Å². The minimum atomic E-state index is -4.58. The fourth-order valence-corrected chi connectivity index (χ4v) is 4.48. The van der Waals surface area contributed by atoms with Gasteiger partial charge in [-0.05, 0) is 42.7 Å². The van der Waals surface area contributed by atoms with Crippen LogP contribution in [0, 0.1) is 0 Å². The molecule has 1 aliphatic rings. The molecular formula is C21H21BrF3N3O4S. The molecule has 0 spiro atoms. The molecule has 1 heterocycles. The van der Waals surface area contributed by atoms with Crippen molar-refractivity contribution in [2.24, 2.45) is 5.10 Å². The van der Waals surface area contributed by atoms with Crippen LogP contribution in [0.15, 0.2) is 64.6 Å². The fraction of sp³-hybridized carbons (Fsp3) is 0.333. The summed E-state index contributed by atoms with van der Waals surface area (Å²) in [6, 6.07) is 13.0. The molecule has 0 fully saturated rings. The van der Waals surface area contributed by atoms with Gasteiger partial charge in [0.2, 0.25) is 0 Å². The minimum absolute atomic E-state index is 0.0707. The lowest BCUT2D eigenvalue weighted by atomic mass is 10.0. The molecule has 1 amide bonds. The molecule has 33 heavy (non-hydrogen) atoms. The van der Waals surface area contributed by atoms with Crippen LogP contribution in [-0.4, -0.2) is 38.3 Å². The predicted molar refractivity (Wildman–Crippen MR) is 121 cm³/mol. The molecular weight excluding hydrogens is 527 g/mol. The van der Waals surface area contributed by atoms with E-state index >= 15 is 0 Å². The summed E-state index contributed by atoms with van der Waals surface area (Å²) in [4.78, 5) is 11.5. The second-order valence-corrected chi connectivity index (χ2v) is 9.63. The van der Waals surface area contributed by atoms with Crippen molar-refractivity contribution < 1.29 is 31.1 Å². The van der Waals surface area contributed by atoms with Gasteiger partial charge in [0.05, 0.1) is 23.2 Å². The van der Waals surface area contributed by atoms with E-state index in [1.165, 1.54) is 29.3 Å². The Kier molecular flexibility index (Phi) is 8.01. The average molecular weight is 548 g/mol. The predicted octanol–water partition coefficient (Wildman–Crippen LogP) is 5.15. The molecule has 0 aliphatic carbocycles. The molecule has 3 rings (SSSR count). The smallest absolute Gasteiger partial charge is 0.431 e. The van der Waals surface area contributed by atoms with Crippen molar-refractivity contribution in [1.29, 1.82) is 0 Å². The van der Waals surface area contributed by atoms with Gasteiger partial charge in [-0.3, -0.25) is 5.01 Å². The first-order valence-corrected chi connectivity index (χ1v) is 12.6. The number of nitrogens with one attached hydrogen (secondary N) is 1. The van der Waals surface area contributed by atoms with Crippen LogP contribution in [0.3, 0.4) is 0 Å². The molecule has 1 atom stereocenters. The average Bonchev–Trinajstić information content (AvgIpc) is 3.23. The van der Waals surface area contributed by atoms with Crippen LogP contribution in [0.5, 0.6) is 0 Å². The van der Waals surface area contributed by atoms with Gasteiger partial charge in [0.25, 0.3) is 10.0 Å². The van der Waals surface area contributed by atoms with Gasteiger partial charge in [0.1, 0.15) is 5.71 Å². The summed E-state index contributed by atoms with van der Waals surface area (Å²) in [5.41, 5.74) is -0.00158. The number of hydrazone groups is 1. The normalized spacial score (nSPS) is 16.4. The first kappa shape index (κ1) is 25.0. The van der Waals surface area contributed by atoms with Gasteiger partial charge in [-0.15, -0.1) is 0 Å². The van der Waals surface area contributed by atoms with E-state index in [-0.39, 0.29) is 23.6 Å². The van der Waals surface area contributed by atoms with Gasteiger partial charge in [0.15, 0.2) is 0 Å². The highest BCUT2D eigenvalue weighted by molar-refractivity contribution is 9.09. The van der Waals surface area contributed by atoms with Gasteiger partial charge < -0.3 is 4.74 Å². The standard InChI is InChI=1S/C21H21BrF3N3O4S/c22-12-4-5-13-32-20(29)27-33(30,31)17-10-8-16(9-11-17)28-18(15-6-2-1-3-7-15)14-19(26-28)21(23,24)25/h1-3,6-11,18H,4-5,12-14H2,(H,27,29). The summed E-state index contributed by atoms with van der Waals surface area (Å²) >= 11 is 3.24. The number of sulfonamides is 1. The molecule has 1 N–H and O–H groups in total. The zero-order chi connectivity index (χ0) is 24.1. The van der Waals surface area contributed by atoms with E-state index in [1.54, 1.807) is 30.3 Å². The first-order chi connectivity index (χ1) is 15.6. The second kappa shape index (κ2) is 10.6. The van der Waals surface area contributed by atoms with E-state index < -0.39 is 34.0 Å². The van der Waals surface area contributed by atoms with Crippen molar-refractivity contribution in [2.75, 3.05) is 16.9 Å². The molecule has 0 radical (unpaired) electrons. The largest absolute Gasteiger partial charge is 0.449 e. The van der Waals surface area contributed by atoms with E-state index in [0.717, 1.165) is 11.8 Å². The lowest BCUT2D eigenvalue weighted by Crippen LogP contribution is -2.31. The topological polar surface area (TPSA) is 88.1 Å². The molecule has 178 valence electrons. The zero-order valence-electron chi connectivity index (χ0n) is 17.3. The van der Waals surface area contributed by atoms with Crippen molar-refractivity contribution in [1.82, 2.24) is 4.72 Å². The van der Waals surface area contributed by atoms with Crippen molar-refractivity contribution in [3.63, 3.8) is 0 Å². The van der Waals surface area contributed by atoms with Crippen molar-refractivity contribution in [3.05, 3.63) is 60.2 Å². The Morgan fingerprint density at radius 1 is 1.12 bits per heavy atom. The van der Waals surface area contributed by atoms with E-state index in [2.05, 4.69) is 21.0 Å². The number of hydrogen-bond donors (Lipinski definition) is 1. The monoisotopic (exact) mass is 547 g/mol. The number of nitrogens with zero attached hydrogens (tertiary/aromatic N) is 2. The number of benzene rings is 2. The summed E-state index contributed by atoms with van der Waals surface area (Å²) < 4.78 is 71.5. The molecule has 1 aliphatic heterocycles. The van der Waals surface area contributed by atoms with Crippen LogP contribution in [-0.2, 0) is 14.8 Å². The van der Waals surface area contributed by atoms with Crippen molar-refractivity contribution in [3.8, 4) is 0 Å². The molecule has 0 aromatic heterocycles.